The van der Waals surface area contributed by atoms with E-state index in [0.29, 0.717) is 5.56 Å². The second-order valence-corrected chi connectivity index (χ2v) is 9.52. The SMILES string of the molecule is N#Cc1cscc1-c1c(-c2cccs2)n(Sc2ccc(Cl)cc2)c2ccccc12. The van der Waals surface area contributed by atoms with E-state index in [0.717, 1.165) is 37.6 Å². The van der Waals surface area contributed by atoms with Gasteiger partial charge in [-0.1, -0.05) is 35.9 Å². The summed E-state index contributed by atoms with van der Waals surface area (Å²) in [6, 6.07) is 22.8. The third-order valence-electron chi connectivity index (χ3n) is 4.65. The fraction of sp³-hybridized carbons (Fsp3) is 0. The Morgan fingerprint density at radius 3 is 2.55 bits per heavy atom. The second-order valence-electron chi connectivity index (χ2n) is 6.37. The summed E-state index contributed by atoms with van der Waals surface area (Å²) in [5.74, 6) is 0. The van der Waals surface area contributed by atoms with Gasteiger partial charge in [-0.05, 0) is 53.7 Å². The van der Waals surface area contributed by atoms with Crippen LogP contribution in [0.5, 0.6) is 0 Å². The molecule has 140 valence electrons. The van der Waals surface area contributed by atoms with Crippen LogP contribution >= 0.6 is 46.2 Å². The summed E-state index contributed by atoms with van der Waals surface area (Å²) >= 11 is 11.0. The van der Waals surface area contributed by atoms with E-state index in [1.54, 1.807) is 34.6 Å². The van der Waals surface area contributed by atoms with Gasteiger partial charge in [0.1, 0.15) is 6.07 Å². The Bertz CT molecular complexity index is 1340. The average Bonchev–Trinajstić information content (AvgIpc) is 3.48. The maximum Gasteiger partial charge on any atom is 0.101 e. The molecule has 3 heterocycles. The van der Waals surface area contributed by atoms with Crippen molar-refractivity contribution in [1.29, 1.82) is 5.26 Å². The Labute approximate surface area is 185 Å². The minimum Gasteiger partial charge on any atom is -0.278 e. The lowest BCUT2D eigenvalue weighted by molar-refractivity contribution is 1.32. The Morgan fingerprint density at radius 1 is 0.966 bits per heavy atom. The molecule has 0 saturated carbocycles. The first-order chi connectivity index (χ1) is 14.3. The molecular formula is C23H13ClN2S3. The molecule has 0 aliphatic carbocycles. The molecule has 6 heteroatoms. The summed E-state index contributed by atoms with van der Waals surface area (Å²) in [7, 11) is 0. The largest absolute Gasteiger partial charge is 0.278 e. The van der Waals surface area contributed by atoms with Gasteiger partial charge in [0.05, 0.1) is 21.7 Å². The van der Waals surface area contributed by atoms with E-state index in [-0.39, 0.29) is 0 Å². The number of hydrogen-bond donors (Lipinski definition) is 0. The van der Waals surface area contributed by atoms with Crippen LogP contribution in [0.15, 0.2) is 81.7 Å². The van der Waals surface area contributed by atoms with Gasteiger partial charge in [0.25, 0.3) is 0 Å². The third kappa shape index (κ3) is 3.29. The predicted molar refractivity (Wildman–Crippen MR) is 126 cm³/mol. The number of benzene rings is 2. The van der Waals surface area contributed by atoms with Crippen molar-refractivity contribution in [3.63, 3.8) is 0 Å². The Morgan fingerprint density at radius 2 is 1.79 bits per heavy atom. The third-order valence-corrected chi connectivity index (χ3v) is 7.57. The van der Waals surface area contributed by atoms with Gasteiger partial charge in [-0.3, -0.25) is 3.97 Å². The lowest BCUT2D eigenvalue weighted by Crippen LogP contribution is -1.91. The smallest absolute Gasteiger partial charge is 0.101 e. The van der Waals surface area contributed by atoms with Gasteiger partial charge in [0.15, 0.2) is 0 Å². The molecule has 0 fully saturated rings. The molecule has 0 radical (unpaired) electrons. The Balaban J connectivity index is 1.84. The molecule has 2 aromatic carbocycles. The van der Waals surface area contributed by atoms with Gasteiger partial charge in [0.2, 0.25) is 0 Å². The lowest BCUT2D eigenvalue weighted by atomic mass is 10.0. The van der Waals surface area contributed by atoms with Crippen LogP contribution < -0.4 is 0 Å². The van der Waals surface area contributed by atoms with Crippen LogP contribution in [0.3, 0.4) is 0 Å². The minimum atomic E-state index is 0.715. The standard InChI is InChI=1S/C23H13ClN2S3/c24-16-7-9-17(10-8-16)29-26-20-5-2-1-4-18(20)22(19-14-27-13-15(19)12-25)23(26)21-6-3-11-28-21/h1-11,13-14H. The average molecular weight is 449 g/mol. The molecule has 29 heavy (non-hydrogen) atoms. The number of halogens is 1. The van der Waals surface area contributed by atoms with Gasteiger partial charge in [-0.15, -0.1) is 11.3 Å². The minimum absolute atomic E-state index is 0.715. The van der Waals surface area contributed by atoms with Gasteiger partial charge in [-0.2, -0.15) is 16.6 Å². The molecule has 0 amide bonds. The molecule has 0 N–H and O–H groups in total. The summed E-state index contributed by atoms with van der Waals surface area (Å²) < 4.78 is 2.28. The summed E-state index contributed by atoms with van der Waals surface area (Å²) in [4.78, 5) is 2.28. The monoisotopic (exact) mass is 448 g/mol. The molecule has 0 atom stereocenters. The van der Waals surface area contributed by atoms with Crippen molar-refractivity contribution in [2.24, 2.45) is 0 Å². The van der Waals surface area contributed by atoms with Crippen molar-refractivity contribution < 1.29 is 0 Å². The van der Waals surface area contributed by atoms with Crippen molar-refractivity contribution in [2.45, 2.75) is 4.90 Å². The van der Waals surface area contributed by atoms with Crippen molar-refractivity contribution >= 4 is 57.1 Å². The van der Waals surface area contributed by atoms with Crippen molar-refractivity contribution in [2.75, 3.05) is 0 Å². The van der Waals surface area contributed by atoms with E-state index in [1.165, 1.54) is 4.88 Å². The van der Waals surface area contributed by atoms with Crippen molar-refractivity contribution in [1.82, 2.24) is 3.97 Å². The number of hydrogen-bond acceptors (Lipinski definition) is 4. The van der Waals surface area contributed by atoms with Crippen LogP contribution in [0.2, 0.25) is 5.02 Å². The topological polar surface area (TPSA) is 28.7 Å². The molecule has 2 nitrogen and oxygen atoms in total. The highest BCUT2D eigenvalue weighted by Gasteiger charge is 2.23. The maximum absolute atomic E-state index is 9.66. The van der Waals surface area contributed by atoms with Gasteiger partial charge in [0, 0.05) is 37.2 Å². The van der Waals surface area contributed by atoms with Crippen LogP contribution in [-0.2, 0) is 0 Å². The Kier molecular flexibility index (Phi) is 4.94. The molecule has 0 bridgehead atoms. The van der Waals surface area contributed by atoms with Crippen LogP contribution in [0.4, 0.5) is 0 Å². The van der Waals surface area contributed by atoms with E-state index in [4.69, 9.17) is 11.6 Å². The van der Waals surface area contributed by atoms with Crippen molar-refractivity contribution in [3.05, 3.63) is 87.4 Å². The molecule has 3 aromatic heterocycles. The predicted octanol–water partition coefficient (Wildman–Crippen LogP) is 8.18. The molecule has 5 aromatic rings. The summed E-state index contributed by atoms with van der Waals surface area (Å²) in [6.45, 7) is 0. The van der Waals surface area contributed by atoms with Crippen LogP contribution in [0.25, 0.3) is 32.6 Å². The number of para-hydroxylation sites is 1. The second kappa shape index (κ2) is 7.74. The number of nitrogens with zero attached hydrogens (tertiary/aromatic N) is 2. The van der Waals surface area contributed by atoms with Crippen molar-refractivity contribution in [3.8, 4) is 27.8 Å². The Hall–Kier alpha value is -2.49. The van der Waals surface area contributed by atoms with Crippen LogP contribution in [0.1, 0.15) is 5.56 Å². The van der Waals surface area contributed by atoms with E-state index in [1.807, 2.05) is 29.6 Å². The van der Waals surface area contributed by atoms with Gasteiger partial charge < -0.3 is 0 Å². The van der Waals surface area contributed by atoms with Crippen LogP contribution in [0, 0.1) is 11.3 Å². The maximum atomic E-state index is 9.66. The van der Waals surface area contributed by atoms with E-state index in [9.17, 15) is 5.26 Å². The fourth-order valence-electron chi connectivity index (χ4n) is 3.39. The highest BCUT2D eigenvalue weighted by molar-refractivity contribution is 7.98. The highest BCUT2D eigenvalue weighted by atomic mass is 35.5. The number of thiophene rings is 2. The number of fused-ring (bicyclic) bond motifs is 1. The molecular weight excluding hydrogens is 436 g/mol. The quantitative estimate of drug-likeness (QED) is 0.277. The molecule has 0 saturated heterocycles. The highest BCUT2D eigenvalue weighted by Crippen LogP contribution is 2.47. The molecule has 0 aliphatic heterocycles. The number of rotatable bonds is 4. The molecule has 0 aliphatic rings. The first kappa shape index (κ1) is 18.5. The number of nitriles is 1. The first-order valence-electron chi connectivity index (χ1n) is 8.84. The fourth-order valence-corrected chi connectivity index (χ4v) is 6.12. The zero-order valence-electron chi connectivity index (χ0n) is 15.0. The zero-order valence-corrected chi connectivity index (χ0v) is 18.2. The summed E-state index contributed by atoms with van der Waals surface area (Å²) in [6.07, 6.45) is 0. The molecule has 0 spiro atoms. The lowest BCUT2D eigenvalue weighted by Gasteiger charge is -2.10. The van der Waals surface area contributed by atoms with E-state index in [2.05, 4.69) is 57.2 Å². The van der Waals surface area contributed by atoms with Gasteiger partial charge >= 0.3 is 0 Å². The van der Waals surface area contributed by atoms with Gasteiger partial charge in [-0.25, -0.2) is 0 Å². The summed E-state index contributed by atoms with van der Waals surface area (Å²) in [5, 5.41) is 17.6. The van der Waals surface area contributed by atoms with E-state index >= 15 is 0 Å². The van der Waals surface area contributed by atoms with E-state index < -0.39 is 0 Å². The zero-order chi connectivity index (χ0) is 19.8. The normalized spacial score (nSPS) is 11.0. The van der Waals surface area contributed by atoms with Crippen LogP contribution in [-0.4, -0.2) is 3.97 Å². The number of aromatic nitrogens is 1. The summed E-state index contributed by atoms with van der Waals surface area (Å²) in [5.41, 5.74) is 5.07. The molecule has 0 unspecified atom stereocenters. The first-order valence-corrected chi connectivity index (χ1v) is 11.8. The molecule has 5 rings (SSSR count).